The van der Waals surface area contributed by atoms with E-state index in [9.17, 15) is 24.8 Å². The van der Waals surface area contributed by atoms with Crippen molar-refractivity contribution in [2.75, 3.05) is 0 Å². The van der Waals surface area contributed by atoms with Gasteiger partial charge in [0, 0.05) is 24.1 Å². The number of nitrogens with zero attached hydrogens (tertiary/aromatic N) is 2. The van der Waals surface area contributed by atoms with Gasteiger partial charge in [0.05, 0.1) is 16.5 Å². The Morgan fingerprint density at radius 2 is 1.91 bits per heavy atom. The molecule has 2 aromatic carbocycles. The number of amides is 1. The summed E-state index contributed by atoms with van der Waals surface area (Å²) in [7, 11) is 0. The van der Waals surface area contributed by atoms with Crippen LogP contribution in [0.5, 0.6) is 0 Å². The van der Waals surface area contributed by atoms with E-state index in [4.69, 9.17) is 16.3 Å². The van der Waals surface area contributed by atoms with E-state index >= 15 is 0 Å². The van der Waals surface area contributed by atoms with Crippen molar-refractivity contribution in [1.82, 2.24) is 15.3 Å². The number of imidazole rings is 1. The fourth-order valence-electron chi connectivity index (χ4n) is 3.20. The van der Waals surface area contributed by atoms with E-state index in [0.717, 1.165) is 0 Å². The number of nitrogens with one attached hydrogen (secondary N) is 2. The first-order valence-corrected chi connectivity index (χ1v) is 10.6. The summed E-state index contributed by atoms with van der Waals surface area (Å²) < 4.78 is 5.36. The average molecular weight is 487 g/mol. The molecule has 0 saturated heterocycles. The minimum Gasteiger partial charge on any atom is -0.478 e. The molecule has 0 fully saturated rings. The zero-order valence-corrected chi connectivity index (χ0v) is 19.4. The number of aromatic nitrogens is 2. The molecule has 1 aromatic heterocycles. The Bertz CT molecular complexity index is 1220. The summed E-state index contributed by atoms with van der Waals surface area (Å²) in [5, 5.41) is 23.1. The van der Waals surface area contributed by atoms with Crippen LogP contribution in [0.2, 0.25) is 5.15 Å². The van der Waals surface area contributed by atoms with Crippen molar-refractivity contribution < 1.29 is 24.4 Å². The van der Waals surface area contributed by atoms with Crippen LogP contribution >= 0.6 is 11.6 Å². The number of rotatable bonds is 7. The van der Waals surface area contributed by atoms with Crippen molar-refractivity contribution in [1.29, 1.82) is 0 Å². The lowest BCUT2D eigenvalue weighted by molar-refractivity contribution is -0.384. The third-order valence-electron chi connectivity index (χ3n) is 4.66. The number of hydrogen-bond donors (Lipinski definition) is 3. The van der Waals surface area contributed by atoms with Gasteiger partial charge in [-0.2, -0.15) is 0 Å². The molecule has 178 valence electrons. The molecule has 1 amide bonds. The molecular formula is C23H23ClN4O6. The van der Waals surface area contributed by atoms with Crippen LogP contribution in [0.1, 0.15) is 48.6 Å². The zero-order chi connectivity index (χ0) is 25.0. The Morgan fingerprint density at radius 1 is 1.24 bits per heavy atom. The minimum absolute atomic E-state index is 0.0709. The monoisotopic (exact) mass is 486 g/mol. The van der Waals surface area contributed by atoms with Gasteiger partial charge in [0.1, 0.15) is 22.3 Å². The normalized spacial score (nSPS) is 12.1. The van der Waals surface area contributed by atoms with E-state index in [2.05, 4.69) is 15.3 Å². The Labute approximate surface area is 200 Å². The van der Waals surface area contributed by atoms with Gasteiger partial charge in [0.15, 0.2) is 0 Å². The fourth-order valence-corrected chi connectivity index (χ4v) is 3.45. The number of H-pyrrole nitrogens is 1. The second-order valence-corrected chi connectivity index (χ2v) is 8.88. The van der Waals surface area contributed by atoms with Crippen molar-refractivity contribution in [3.05, 3.63) is 80.7 Å². The molecule has 0 spiro atoms. The number of hydrogen-bond acceptors (Lipinski definition) is 6. The predicted octanol–water partition coefficient (Wildman–Crippen LogP) is 5.15. The summed E-state index contributed by atoms with van der Waals surface area (Å²) >= 11 is 6.37. The number of carbonyl (C=O) groups excluding carboxylic acids is 1. The van der Waals surface area contributed by atoms with Crippen molar-refractivity contribution in [3.8, 4) is 11.3 Å². The third-order valence-corrected chi connectivity index (χ3v) is 4.94. The van der Waals surface area contributed by atoms with Gasteiger partial charge < -0.3 is 20.1 Å². The van der Waals surface area contributed by atoms with Crippen LogP contribution in [0.25, 0.3) is 11.3 Å². The first-order chi connectivity index (χ1) is 15.9. The van der Waals surface area contributed by atoms with Gasteiger partial charge >= 0.3 is 12.1 Å². The Kier molecular flexibility index (Phi) is 7.21. The van der Waals surface area contributed by atoms with Crippen molar-refractivity contribution in [2.24, 2.45) is 0 Å². The van der Waals surface area contributed by atoms with E-state index < -0.39 is 28.6 Å². The average Bonchev–Trinajstić information content (AvgIpc) is 3.14. The van der Waals surface area contributed by atoms with Crippen LogP contribution in [-0.2, 0) is 11.2 Å². The molecule has 0 aliphatic carbocycles. The summed E-state index contributed by atoms with van der Waals surface area (Å²) in [6.07, 6.45) is -0.486. The number of aromatic amines is 1. The highest BCUT2D eigenvalue weighted by Gasteiger charge is 2.25. The van der Waals surface area contributed by atoms with Crippen LogP contribution in [0, 0.1) is 10.1 Å². The summed E-state index contributed by atoms with van der Waals surface area (Å²) in [6.45, 7) is 5.19. The molecule has 10 nitrogen and oxygen atoms in total. The summed E-state index contributed by atoms with van der Waals surface area (Å²) in [4.78, 5) is 41.7. The van der Waals surface area contributed by atoms with Crippen LogP contribution in [0.3, 0.4) is 0 Å². The molecule has 0 aliphatic heterocycles. The van der Waals surface area contributed by atoms with Crippen LogP contribution in [0.4, 0.5) is 10.5 Å². The fraction of sp³-hybridized carbons (Fsp3) is 0.261. The maximum absolute atomic E-state index is 12.5. The number of alkyl carbamates (subject to hydrolysis) is 1. The molecule has 0 aliphatic rings. The molecule has 3 N–H and O–H groups in total. The molecule has 1 unspecified atom stereocenters. The van der Waals surface area contributed by atoms with E-state index in [-0.39, 0.29) is 22.8 Å². The number of ether oxygens (including phenoxy) is 1. The number of carboxylic acids is 1. The molecular weight excluding hydrogens is 464 g/mol. The lowest BCUT2D eigenvalue weighted by atomic mass is 10.0. The predicted molar refractivity (Wildman–Crippen MR) is 125 cm³/mol. The van der Waals surface area contributed by atoms with Crippen LogP contribution in [-0.4, -0.2) is 37.7 Å². The molecule has 34 heavy (non-hydrogen) atoms. The lowest BCUT2D eigenvalue weighted by Gasteiger charge is -2.23. The van der Waals surface area contributed by atoms with Gasteiger partial charge in [-0.05, 0) is 50.6 Å². The highest BCUT2D eigenvalue weighted by Crippen LogP contribution is 2.30. The van der Waals surface area contributed by atoms with E-state index in [1.54, 1.807) is 32.9 Å². The maximum atomic E-state index is 12.5. The Hall–Kier alpha value is -3.92. The SMILES string of the molecule is CC(C)(C)OC(=O)NC(Cc1cccc(C(=O)O)c1)c1nc(-c2ccc([N+](=O)[O-])cc2)c(Cl)[nH]1. The number of non-ortho nitro benzene ring substituents is 1. The molecule has 0 radical (unpaired) electrons. The summed E-state index contributed by atoms with van der Waals surface area (Å²) in [5.74, 6) is -0.759. The first kappa shape index (κ1) is 24.7. The summed E-state index contributed by atoms with van der Waals surface area (Å²) in [6, 6.07) is 11.3. The van der Waals surface area contributed by atoms with Crippen LogP contribution < -0.4 is 5.32 Å². The topological polar surface area (TPSA) is 147 Å². The number of halogens is 1. The van der Waals surface area contributed by atoms with Gasteiger partial charge in [-0.25, -0.2) is 14.6 Å². The number of nitro groups is 1. The van der Waals surface area contributed by atoms with Gasteiger partial charge in [-0.3, -0.25) is 10.1 Å². The molecule has 1 atom stereocenters. The maximum Gasteiger partial charge on any atom is 0.408 e. The van der Waals surface area contributed by atoms with Gasteiger partial charge in [-0.15, -0.1) is 0 Å². The van der Waals surface area contributed by atoms with Gasteiger partial charge in [0.25, 0.3) is 5.69 Å². The number of carboxylic acid groups (broad SMARTS) is 1. The second kappa shape index (κ2) is 9.92. The summed E-state index contributed by atoms with van der Waals surface area (Å²) in [5.41, 5.74) is 0.841. The number of carbonyl (C=O) groups is 2. The molecule has 11 heteroatoms. The van der Waals surface area contributed by atoms with Gasteiger partial charge in [0.2, 0.25) is 0 Å². The largest absolute Gasteiger partial charge is 0.478 e. The van der Waals surface area contributed by atoms with Crippen molar-refractivity contribution in [2.45, 2.75) is 38.8 Å². The minimum atomic E-state index is -1.07. The Balaban J connectivity index is 1.94. The number of nitro benzene ring substituents is 1. The standard InChI is InChI=1S/C23H23ClN4O6/c1-23(2,3)34-22(31)25-17(12-13-5-4-6-15(11-13)21(29)30)20-26-18(19(24)27-20)14-7-9-16(10-8-14)28(32)33/h4-11,17H,12H2,1-3H3,(H,25,31)(H,26,27)(H,29,30). The second-order valence-electron chi connectivity index (χ2n) is 8.50. The van der Waals surface area contributed by atoms with Crippen molar-refractivity contribution >= 4 is 29.4 Å². The number of aromatic carboxylic acids is 1. The molecule has 3 rings (SSSR count). The first-order valence-electron chi connectivity index (χ1n) is 10.2. The Morgan fingerprint density at radius 3 is 2.50 bits per heavy atom. The van der Waals surface area contributed by atoms with E-state index in [1.165, 1.54) is 36.4 Å². The van der Waals surface area contributed by atoms with Crippen LogP contribution in [0.15, 0.2) is 48.5 Å². The molecule has 0 saturated carbocycles. The van der Waals surface area contributed by atoms with Gasteiger partial charge in [-0.1, -0.05) is 23.7 Å². The number of benzene rings is 2. The molecule has 3 aromatic rings. The highest BCUT2D eigenvalue weighted by molar-refractivity contribution is 6.31. The van der Waals surface area contributed by atoms with E-state index in [1.807, 2.05) is 0 Å². The quantitative estimate of drug-likeness (QED) is 0.309. The smallest absolute Gasteiger partial charge is 0.408 e. The van der Waals surface area contributed by atoms with E-state index in [0.29, 0.717) is 22.6 Å². The molecule has 1 heterocycles. The molecule has 0 bridgehead atoms. The lowest BCUT2D eigenvalue weighted by Crippen LogP contribution is -2.36. The zero-order valence-electron chi connectivity index (χ0n) is 18.7. The van der Waals surface area contributed by atoms with Crippen molar-refractivity contribution in [3.63, 3.8) is 0 Å². The third kappa shape index (κ3) is 6.32. The highest BCUT2D eigenvalue weighted by atomic mass is 35.5.